The Labute approximate surface area is 135 Å². The molecule has 3 atom stereocenters. The molecule has 0 radical (unpaired) electrons. The summed E-state index contributed by atoms with van der Waals surface area (Å²) in [5.41, 5.74) is 2.31. The first kappa shape index (κ1) is 17.2. The maximum Gasteiger partial charge on any atom is 0.306 e. The maximum atomic E-state index is 12.4. The number of esters is 1. The van der Waals surface area contributed by atoms with Gasteiger partial charge in [-0.05, 0) is 51.2 Å². The minimum absolute atomic E-state index is 0.0238. The van der Waals surface area contributed by atoms with Gasteiger partial charge in [-0.25, -0.2) is 8.93 Å². The molecule has 0 heterocycles. The fourth-order valence-corrected chi connectivity index (χ4v) is 3.61. The van der Waals surface area contributed by atoms with E-state index in [0.717, 1.165) is 12.0 Å². The topological polar surface area (TPSA) is 55.4 Å². The van der Waals surface area contributed by atoms with E-state index in [1.165, 1.54) is 5.56 Å². The van der Waals surface area contributed by atoms with Gasteiger partial charge in [-0.15, -0.1) is 0 Å². The standard InChI is InChI=1S/C17H25NO3S/c1-5-21-16(19)11-12-10-15(18-22(20)17(2,3)4)14-9-7-6-8-13(12)14/h6-9,12,15,18H,5,10-11H2,1-4H3/t12-,15-,22?/m1/s1. The molecule has 1 unspecified atom stereocenters. The first-order chi connectivity index (χ1) is 10.3. The van der Waals surface area contributed by atoms with Gasteiger partial charge in [0.25, 0.3) is 0 Å². The molecular formula is C17H25NO3S. The summed E-state index contributed by atoms with van der Waals surface area (Å²) >= 11 is 0. The number of hydrogen-bond donors (Lipinski definition) is 1. The smallest absolute Gasteiger partial charge is 0.306 e. The van der Waals surface area contributed by atoms with Crippen molar-refractivity contribution in [3.05, 3.63) is 35.4 Å². The van der Waals surface area contributed by atoms with Crippen LogP contribution in [-0.4, -0.2) is 21.5 Å². The van der Waals surface area contributed by atoms with Gasteiger partial charge in [0.05, 0.1) is 28.8 Å². The Morgan fingerprint density at radius 2 is 1.95 bits per heavy atom. The van der Waals surface area contributed by atoms with Crippen molar-refractivity contribution in [3.8, 4) is 0 Å². The third kappa shape index (κ3) is 3.96. The van der Waals surface area contributed by atoms with Crippen LogP contribution in [0.1, 0.15) is 63.6 Å². The molecule has 0 amide bonds. The molecule has 0 aromatic heterocycles. The van der Waals surface area contributed by atoms with E-state index in [4.69, 9.17) is 4.74 Å². The highest BCUT2D eigenvalue weighted by Crippen LogP contribution is 2.42. The third-order valence-corrected chi connectivity index (χ3v) is 5.47. The molecule has 0 saturated carbocycles. The van der Waals surface area contributed by atoms with Gasteiger partial charge in [0.1, 0.15) is 0 Å². The van der Waals surface area contributed by atoms with Gasteiger partial charge in [0, 0.05) is 6.04 Å². The zero-order valence-corrected chi connectivity index (χ0v) is 14.5. The second-order valence-electron chi connectivity index (χ2n) is 6.62. The molecule has 1 aromatic rings. The van der Waals surface area contributed by atoms with E-state index in [-0.39, 0.29) is 22.7 Å². The van der Waals surface area contributed by atoms with E-state index in [9.17, 15) is 9.00 Å². The third-order valence-electron chi connectivity index (χ3n) is 3.86. The Hall–Kier alpha value is -1.20. The Balaban J connectivity index is 2.15. The van der Waals surface area contributed by atoms with Crippen molar-refractivity contribution in [1.29, 1.82) is 0 Å². The SMILES string of the molecule is CCOC(=O)C[C@H]1C[C@@H](NS(=O)C(C)(C)C)c2ccccc21. The summed E-state index contributed by atoms with van der Waals surface area (Å²) in [7, 11) is -1.13. The summed E-state index contributed by atoms with van der Waals surface area (Å²) in [6.45, 7) is 8.08. The maximum absolute atomic E-state index is 12.4. The van der Waals surface area contributed by atoms with Crippen molar-refractivity contribution in [2.45, 2.75) is 57.2 Å². The normalized spacial score (nSPS) is 22.2. The van der Waals surface area contributed by atoms with Crippen LogP contribution in [-0.2, 0) is 20.5 Å². The molecule has 1 aliphatic carbocycles. The molecule has 0 bridgehead atoms. The quantitative estimate of drug-likeness (QED) is 0.847. The number of rotatable bonds is 5. The summed E-state index contributed by atoms with van der Waals surface area (Å²) in [6.07, 6.45) is 1.16. The number of nitrogens with one attached hydrogen (secondary N) is 1. The molecule has 1 aliphatic rings. The molecule has 4 nitrogen and oxygen atoms in total. The van der Waals surface area contributed by atoms with E-state index in [0.29, 0.717) is 13.0 Å². The lowest BCUT2D eigenvalue weighted by Gasteiger charge is -2.22. The van der Waals surface area contributed by atoms with Gasteiger partial charge < -0.3 is 4.74 Å². The largest absolute Gasteiger partial charge is 0.466 e. The Kier molecular flexibility index (Phi) is 5.40. The zero-order valence-electron chi connectivity index (χ0n) is 13.7. The van der Waals surface area contributed by atoms with E-state index in [2.05, 4.69) is 16.9 Å². The van der Waals surface area contributed by atoms with Gasteiger partial charge in [0.2, 0.25) is 0 Å². The summed E-state index contributed by atoms with van der Waals surface area (Å²) in [4.78, 5) is 11.8. The lowest BCUT2D eigenvalue weighted by molar-refractivity contribution is -0.143. The lowest BCUT2D eigenvalue weighted by atomic mass is 9.98. The molecule has 22 heavy (non-hydrogen) atoms. The molecular weight excluding hydrogens is 298 g/mol. The highest BCUT2D eigenvalue weighted by molar-refractivity contribution is 7.84. The van der Waals surface area contributed by atoms with E-state index < -0.39 is 11.0 Å². The predicted octanol–water partition coefficient (Wildman–Crippen LogP) is 3.22. The molecule has 0 spiro atoms. The Morgan fingerprint density at radius 1 is 1.32 bits per heavy atom. The van der Waals surface area contributed by atoms with Crippen LogP contribution in [0.25, 0.3) is 0 Å². The second-order valence-corrected chi connectivity index (χ2v) is 8.62. The number of carbonyl (C=O) groups excluding carboxylic acids is 1. The molecule has 0 fully saturated rings. The van der Waals surface area contributed by atoms with Crippen LogP contribution >= 0.6 is 0 Å². The van der Waals surface area contributed by atoms with Crippen LogP contribution in [0.2, 0.25) is 0 Å². The molecule has 2 rings (SSSR count). The Bertz CT molecular complexity index is 565. The zero-order chi connectivity index (χ0) is 16.3. The van der Waals surface area contributed by atoms with Crippen LogP contribution in [0.3, 0.4) is 0 Å². The van der Waals surface area contributed by atoms with Gasteiger partial charge in [-0.3, -0.25) is 4.79 Å². The van der Waals surface area contributed by atoms with Gasteiger partial charge in [0.15, 0.2) is 0 Å². The molecule has 0 saturated heterocycles. The van der Waals surface area contributed by atoms with Crippen molar-refractivity contribution in [3.63, 3.8) is 0 Å². The number of carbonyl (C=O) groups is 1. The van der Waals surface area contributed by atoms with Gasteiger partial charge in [-0.2, -0.15) is 0 Å². The first-order valence-electron chi connectivity index (χ1n) is 7.75. The molecule has 1 aromatic carbocycles. The number of hydrogen-bond acceptors (Lipinski definition) is 3. The highest BCUT2D eigenvalue weighted by atomic mass is 32.2. The Morgan fingerprint density at radius 3 is 2.55 bits per heavy atom. The molecule has 5 heteroatoms. The minimum Gasteiger partial charge on any atom is -0.466 e. The average Bonchev–Trinajstić information content (AvgIpc) is 2.76. The highest BCUT2D eigenvalue weighted by Gasteiger charge is 2.34. The molecule has 122 valence electrons. The first-order valence-corrected chi connectivity index (χ1v) is 8.90. The monoisotopic (exact) mass is 323 g/mol. The summed E-state index contributed by atoms with van der Waals surface area (Å²) < 4.78 is 20.4. The lowest BCUT2D eigenvalue weighted by Crippen LogP contribution is -2.35. The predicted molar refractivity (Wildman–Crippen MR) is 88.8 cm³/mol. The van der Waals surface area contributed by atoms with E-state index in [1.807, 2.05) is 39.8 Å². The van der Waals surface area contributed by atoms with Gasteiger partial charge in [-0.1, -0.05) is 24.3 Å². The van der Waals surface area contributed by atoms with Crippen LogP contribution in [0.4, 0.5) is 0 Å². The van der Waals surface area contributed by atoms with Crippen LogP contribution in [0, 0.1) is 0 Å². The van der Waals surface area contributed by atoms with Gasteiger partial charge >= 0.3 is 5.97 Å². The molecule has 1 N–H and O–H groups in total. The fourth-order valence-electron chi connectivity index (χ4n) is 2.77. The van der Waals surface area contributed by atoms with Crippen molar-refractivity contribution in [2.75, 3.05) is 6.61 Å². The fraction of sp³-hybridized carbons (Fsp3) is 0.588. The second kappa shape index (κ2) is 6.92. The number of fused-ring (bicyclic) bond motifs is 1. The summed E-state index contributed by atoms with van der Waals surface area (Å²) in [6, 6.07) is 8.11. The number of benzene rings is 1. The average molecular weight is 323 g/mol. The van der Waals surface area contributed by atoms with Crippen molar-refractivity contribution in [2.24, 2.45) is 0 Å². The summed E-state index contributed by atoms with van der Waals surface area (Å²) in [5.74, 6) is -0.0374. The van der Waals surface area contributed by atoms with Crippen molar-refractivity contribution < 1.29 is 13.7 Å². The summed E-state index contributed by atoms with van der Waals surface area (Å²) in [5, 5.41) is 0. The van der Waals surface area contributed by atoms with E-state index in [1.54, 1.807) is 0 Å². The molecule has 0 aliphatic heterocycles. The minimum atomic E-state index is -1.13. The van der Waals surface area contributed by atoms with Crippen molar-refractivity contribution in [1.82, 2.24) is 4.72 Å². The number of ether oxygens (including phenoxy) is 1. The van der Waals surface area contributed by atoms with Crippen molar-refractivity contribution >= 4 is 17.0 Å². The van der Waals surface area contributed by atoms with Crippen LogP contribution in [0.15, 0.2) is 24.3 Å². The van der Waals surface area contributed by atoms with Crippen LogP contribution < -0.4 is 4.72 Å². The van der Waals surface area contributed by atoms with Crippen LogP contribution in [0.5, 0.6) is 0 Å². The van der Waals surface area contributed by atoms with E-state index >= 15 is 0 Å².